The minimum atomic E-state index is -5.08. The van der Waals surface area contributed by atoms with Crippen LogP contribution in [0.3, 0.4) is 0 Å². The Morgan fingerprint density at radius 3 is 2.24 bits per heavy atom. The number of alkyl halides is 3. The van der Waals surface area contributed by atoms with E-state index in [2.05, 4.69) is 19.2 Å². The molecule has 33 heavy (non-hydrogen) atoms. The molecule has 1 aromatic rings. The van der Waals surface area contributed by atoms with Gasteiger partial charge in [-0.1, -0.05) is 31.5 Å². The van der Waals surface area contributed by atoms with E-state index in [9.17, 15) is 26.4 Å². The van der Waals surface area contributed by atoms with E-state index >= 15 is 0 Å². The third-order valence-electron chi connectivity index (χ3n) is 4.86. The topological polar surface area (TPSA) is 107 Å². The lowest BCUT2D eigenvalue weighted by Gasteiger charge is -2.29. The highest BCUT2D eigenvalue weighted by atomic mass is 32.2. The molecule has 1 aliphatic heterocycles. The zero-order valence-electron chi connectivity index (χ0n) is 19.1. The minimum Gasteiger partial charge on any atom is -0.475 e. The van der Waals surface area contributed by atoms with Gasteiger partial charge >= 0.3 is 12.1 Å². The van der Waals surface area contributed by atoms with Gasteiger partial charge in [-0.05, 0) is 31.4 Å². The van der Waals surface area contributed by atoms with Crippen LogP contribution in [0.2, 0.25) is 0 Å². The summed E-state index contributed by atoms with van der Waals surface area (Å²) in [6.45, 7) is 9.31. The number of carbonyl (C=O) groups is 2. The molecule has 1 aromatic carbocycles. The SMILES string of the molecule is Cc1cccc(C(=O)N(CCC(C)C)CCS(=O)(=O)N2CCNCC2)c1.O=C(O)C(F)(F)F. The van der Waals surface area contributed by atoms with E-state index in [1.165, 1.54) is 4.31 Å². The number of halogens is 3. The molecular formula is C21H32F3N3O5S. The van der Waals surface area contributed by atoms with E-state index in [0.29, 0.717) is 44.2 Å². The highest BCUT2D eigenvalue weighted by molar-refractivity contribution is 7.89. The summed E-state index contributed by atoms with van der Waals surface area (Å²) in [7, 11) is -3.34. The lowest BCUT2D eigenvalue weighted by molar-refractivity contribution is -0.192. The van der Waals surface area contributed by atoms with Crippen LogP contribution in [-0.4, -0.2) is 85.8 Å². The van der Waals surface area contributed by atoms with Crippen molar-refractivity contribution in [2.75, 3.05) is 45.0 Å². The van der Waals surface area contributed by atoms with E-state index in [0.717, 1.165) is 12.0 Å². The van der Waals surface area contributed by atoms with Gasteiger partial charge in [0.2, 0.25) is 10.0 Å². The van der Waals surface area contributed by atoms with Gasteiger partial charge in [-0.3, -0.25) is 4.79 Å². The quantitative estimate of drug-likeness (QED) is 0.574. The van der Waals surface area contributed by atoms with Crippen LogP contribution in [0.15, 0.2) is 24.3 Å². The number of hydrogen-bond acceptors (Lipinski definition) is 5. The summed E-state index contributed by atoms with van der Waals surface area (Å²) >= 11 is 0. The molecule has 0 radical (unpaired) electrons. The van der Waals surface area contributed by atoms with Gasteiger partial charge in [0.15, 0.2) is 0 Å². The molecule has 8 nitrogen and oxygen atoms in total. The molecule has 0 aromatic heterocycles. The van der Waals surface area contributed by atoms with Crippen LogP contribution in [0.1, 0.15) is 36.2 Å². The summed E-state index contributed by atoms with van der Waals surface area (Å²) in [5, 5.41) is 10.3. The summed E-state index contributed by atoms with van der Waals surface area (Å²) in [5.41, 5.74) is 1.64. The normalized spacial score (nSPS) is 15.0. The Morgan fingerprint density at radius 2 is 1.76 bits per heavy atom. The zero-order valence-corrected chi connectivity index (χ0v) is 19.9. The van der Waals surface area contributed by atoms with Crippen LogP contribution in [0.4, 0.5) is 13.2 Å². The second kappa shape index (κ2) is 12.9. The molecule has 2 rings (SSSR count). The van der Waals surface area contributed by atoms with E-state index in [-0.39, 0.29) is 18.2 Å². The maximum Gasteiger partial charge on any atom is 0.490 e. The molecule has 1 heterocycles. The average Bonchev–Trinajstić information content (AvgIpc) is 2.73. The largest absolute Gasteiger partial charge is 0.490 e. The Kier molecular flexibility index (Phi) is 11.3. The average molecular weight is 496 g/mol. The van der Waals surface area contributed by atoms with E-state index in [1.54, 1.807) is 11.0 Å². The van der Waals surface area contributed by atoms with E-state index in [4.69, 9.17) is 9.90 Å². The van der Waals surface area contributed by atoms with Crippen LogP contribution in [0.5, 0.6) is 0 Å². The van der Waals surface area contributed by atoms with Gasteiger partial charge in [-0.2, -0.15) is 17.5 Å². The van der Waals surface area contributed by atoms with Crippen molar-refractivity contribution in [1.29, 1.82) is 0 Å². The fraction of sp³-hybridized carbons (Fsp3) is 0.619. The Morgan fingerprint density at radius 1 is 1.18 bits per heavy atom. The first kappa shape index (κ1) is 28.9. The van der Waals surface area contributed by atoms with Crippen molar-refractivity contribution in [1.82, 2.24) is 14.5 Å². The molecular weight excluding hydrogens is 463 g/mol. The Hall–Kier alpha value is -2.18. The van der Waals surface area contributed by atoms with Crippen molar-refractivity contribution >= 4 is 21.9 Å². The number of amides is 1. The number of carbonyl (C=O) groups excluding carboxylic acids is 1. The number of hydrogen-bond donors (Lipinski definition) is 2. The molecule has 1 saturated heterocycles. The van der Waals surface area contributed by atoms with Crippen molar-refractivity contribution in [3.05, 3.63) is 35.4 Å². The summed E-state index contributed by atoms with van der Waals surface area (Å²) in [6.07, 6.45) is -4.23. The number of piperazine rings is 1. The molecule has 0 unspecified atom stereocenters. The van der Waals surface area contributed by atoms with Crippen molar-refractivity contribution in [3.8, 4) is 0 Å². The summed E-state index contributed by atoms with van der Waals surface area (Å²) in [6, 6.07) is 7.46. The van der Waals surface area contributed by atoms with Gasteiger partial charge in [0.05, 0.1) is 5.75 Å². The fourth-order valence-electron chi connectivity index (χ4n) is 2.97. The number of aliphatic carboxylic acids is 1. The molecule has 0 aliphatic carbocycles. The molecule has 2 N–H and O–H groups in total. The Bertz CT molecular complexity index is 885. The van der Waals surface area contributed by atoms with Crippen molar-refractivity contribution < 1.29 is 36.3 Å². The van der Waals surface area contributed by atoms with Crippen LogP contribution < -0.4 is 5.32 Å². The highest BCUT2D eigenvalue weighted by Gasteiger charge is 2.38. The minimum absolute atomic E-state index is 0.0251. The third-order valence-corrected chi connectivity index (χ3v) is 6.71. The number of aryl methyl sites for hydroxylation is 1. The molecule has 12 heteroatoms. The molecule has 0 atom stereocenters. The number of carboxylic acid groups (broad SMARTS) is 1. The van der Waals surface area contributed by atoms with Gasteiger partial charge in [0.25, 0.3) is 5.91 Å². The van der Waals surface area contributed by atoms with E-state index < -0.39 is 22.2 Å². The number of carboxylic acids is 1. The maximum atomic E-state index is 12.9. The standard InChI is InChI=1S/C19H31N3O3S.C2HF3O2/c1-16(2)7-10-21(19(23)18-6-4-5-17(3)15-18)13-14-26(24,25)22-11-8-20-9-12-22;3-2(4,5)1(6)7/h4-6,15-16,20H,7-14H2,1-3H3;(H,6,7). The number of sulfonamides is 1. The van der Waals surface area contributed by atoms with Crippen LogP contribution in [-0.2, 0) is 14.8 Å². The van der Waals surface area contributed by atoms with Gasteiger partial charge in [0, 0.05) is 44.8 Å². The summed E-state index contributed by atoms with van der Waals surface area (Å²) in [5.74, 6) is -2.42. The first-order chi connectivity index (χ1) is 15.2. The molecule has 1 amide bonds. The zero-order chi connectivity index (χ0) is 25.2. The lowest BCUT2D eigenvalue weighted by atomic mass is 10.1. The van der Waals surface area contributed by atoms with Crippen molar-refractivity contribution in [3.63, 3.8) is 0 Å². The van der Waals surface area contributed by atoms with Crippen LogP contribution in [0.25, 0.3) is 0 Å². The van der Waals surface area contributed by atoms with Crippen molar-refractivity contribution in [2.24, 2.45) is 5.92 Å². The van der Waals surface area contributed by atoms with Gasteiger partial charge < -0.3 is 15.3 Å². The smallest absolute Gasteiger partial charge is 0.475 e. The van der Waals surface area contributed by atoms with Gasteiger partial charge in [0.1, 0.15) is 0 Å². The fourth-order valence-corrected chi connectivity index (χ4v) is 4.41. The number of nitrogens with one attached hydrogen (secondary N) is 1. The number of rotatable bonds is 8. The molecule has 188 valence electrons. The third kappa shape index (κ3) is 10.5. The predicted molar refractivity (Wildman–Crippen MR) is 118 cm³/mol. The second-order valence-corrected chi connectivity index (χ2v) is 10.2. The molecule has 1 fully saturated rings. The van der Waals surface area contributed by atoms with Crippen LogP contribution in [0, 0.1) is 12.8 Å². The van der Waals surface area contributed by atoms with E-state index in [1.807, 2.05) is 25.1 Å². The number of benzene rings is 1. The lowest BCUT2D eigenvalue weighted by Crippen LogP contribution is -2.48. The van der Waals surface area contributed by atoms with Gasteiger partial charge in [-0.25, -0.2) is 13.2 Å². The Balaban J connectivity index is 0.000000675. The molecule has 0 bridgehead atoms. The molecule has 0 saturated carbocycles. The first-order valence-electron chi connectivity index (χ1n) is 10.6. The molecule has 0 spiro atoms. The van der Waals surface area contributed by atoms with Crippen LogP contribution >= 0.6 is 0 Å². The van der Waals surface area contributed by atoms with Gasteiger partial charge in [-0.15, -0.1) is 0 Å². The highest BCUT2D eigenvalue weighted by Crippen LogP contribution is 2.13. The van der Waals surface area contributed by atoms with Crippen molar-refractivity contribution in [2.45, 2.75) is 33.4 Å². The summed E-state index contributed by atoms with van der Waals surface area (Å²) in [4.78, 5) is 23.5. The summed E-state index contributed by atoms with van der Waals surface area (Å²) < 4.78 is 58.5. The molecule has 1 aliphatic rings. The monoisotopic (exact) mass is 495 g/mol. The first-order valence-corrected chi connectivity index (χ1v) is 12.2. The maximum absolute atomic E-state index is 12.9. The number of nitrogens with zero attached hydrogens (tertiary/aromatic N) is 2. The second-order valence-electron chi connectivity index (χ2n) is 8.11. The predicted octanol–water partition coefficient (Wildman–Crippen LogP) is 2.35. The Labute approximate surface area is 192 Å².